The Balaban J connectivity index is 1.71. The zero-order valence-corrected chi connectivity index (χ0v) is 11.1. The minimum absolute atomic E-state index is 0.0960. The van der Waals surface area contributed by atoms with Gasteiger partial charge in [0.1, 0.15) is 17.8 Å². The Morgan fingerprint density at radius 2 is 2.10 bits per heavy atom. The van der Waals surface area contributed by atoms with E-state index in [-0.39, 0.29) is 24.1 Å². The van der Waals surface area contributed by atoms with Crippen LogP contribution in [0.5, 0.6) is 0 Å². The van der Waals surface area contributed by atoms with Gasteiger partial charge in [-0.3, -0.25) is 9.59 Å². The van der Waals surface area contributed by atoms with E-state index in [1.165, 1.54) is 6.26 Å². The molecule has 0 aromatic carbocycles. The number of carbonyl (C=O) groups is 2. The van der Waals surface area contributed by atoms with Crippen LogP contribution in [0, 0.1) is 0 Å². The van der Waals surface area contributed by atoms with Crippen molar-refractivity contribution in [3.63, 3.8) is 0 Å². The Bertz CT molecular complexity index is 533. The average Bonchev–Trinajstić information content (AvgIpc) is 2.83. The second-order valence-corrected chi connectivity index (χ2v) is 5.53. The van der Waals surface area contributed by atoms with Gasteiger partial charge >= 0.3 is 0 Å². The molecule has 1 aromatic heterocycles. The maximum absolute atomic E-state index is 12.3. The molecule has 7 nitrogen and oxygen atoms in total. The summed E-state index contributed by atoms with van der Waals surface area (Å²) < 4.78 is 5.12. The molecule has 20 heavy (non-hydrogen) atoms. The van der Waals surface area contributed by atoms with E-state index in [0.29, 0.717) is 18.7 Å². The monoisotopic (exact) mass is 278 g/mol. The number of nitrogens with one attached hydrogen (secondary N) is 2. The number of hydrogen-bond acceptors (Lipinski definition) is 5. The highest BCUT2D eigenvalue weighted by Gasteiger charge is 2.46. The SMILES string of the molecule is Nc1coc(CC2NC(=O)C3(CCCCC3)NC2=O)n1. The van der Waals surface area contributed by atoms with Gasteiger partial charge in [0.25, 0.3) is 0 Å². The molecule has 4 N–H and O–H groups in total. The molecular weight excluding hydrogens is 260 g/mol. The summed E-state index contributed by atoms with van der Waals surface area (Å²) in [5.74, 6) is 0.346. The fourth-order valence-corrected chi connectivity index (χ4v) is 2.99. The van der Waals surface area contributed by atoms with Crippen LogP contribution in [-0.2, 0) is 16.0 Å². The van der Waals surface area contributed by atoms with Crippen molar-refractivity contribution in [2.24, 2.45) is 0 Å². The number of nitrogens with zero attached hydrogens (tertiary/aromatic N) is 1. The van der Waals surface area contributed by atoms with Crippen LogP contribution < -0.4 is 16.4 Å². The van der Waals surface area contributed by atoms with Crippen molar-refractivity contribution in [3.8, 4) is 0 Å². The van der Waals surface area contributed by atoms with Gasteiger partial charge < -0.3 is 20.8 Å². The lowest BCUT2D eigenvalue weighted by atomic mass is 9.79. The summed E-state index contributed by atoms with van der Waals surface area (Å²) in [5, 5.41) is 5.70. The number of oxazole rings is 1. The highest BCUT2D eigenvalue weighted by atomic mass is 16.3. The van der Waals surface area contributed by atoms with E-state index in [4.69, 9.17) is 10.2 Å². The van der Waals surface area contributed by atoms with Gasteiger partial charge in [0, 0.05) is 0 Å². The Morgan fingerprint density at radius 3 is 2.75 bits per heavy atom. The highest BCUT2D eigenvalue weighted by Crippen LogP contribution is 2.30. The van der Waals surface area contributed by atoms with Gasteiger partial charge in [0.15, 0.2) is 11.7 Å². The molecule has 2 fully saturated rings. The number of amides is 2. The van der Waals surface area contributed by atoms with Crippen LogP contribution in [0.2, 0.25) is 0 Å². The zero-order chi connectivity index (χ0) is 14.2. The Labute approximate surface area is 116 Å². The van der Waals surface area contributed by atoms with Crippen LogP contribution in [-0.4, -0.2) is 28.4 Å². The largest absolute Gasteiger partial charge is 0.447 e. The van der Waals surface area contributed by atoms with Gasteiger partial charge in [0.2, 0.25) is 11.8 Å². The summed E-state index contributed by atoms with van der Waals surface area (Å²) in [6.45, 7) is 0. The molecule has 1 unspecified atom stereocenters. The third-order valence-corrected chi connectivity index (χ3v) is 4.07. The third kappa shape index (κ3) is 2.23. The predicted molar refractivity (Wildman–Crippen MR) is 70.5 cm³/mol. The summed E-state index contributed by atoms with van der Waals surface area (Å²) >= 11 is 0. The van der Waals surface area contributed by atoms with Crippen molar-refractivity contribution >= 4 is 17.6 Å². The molecule has 2 heterocycles. The van der Waals surface area contributed by atoms with Crippen molar-refractivity contribution in [3.05, 3.63) is 12.2 Å². The minimum Gasteiger partial charge on any atom is -0.447 e. The molecule has 2 aliphatic rings. The van der Waals surface area contributed by atoms with Gasteiger partial charge in [-0.1, -0.05) is 19.3 Å². The van der Waals surface area contributed by atoms with Crippen LogP contribution in [0.4, 0.5) is 5.82 Å². The van der Waals surface area contributed by atoms with E-state index in [1.54, 1.807) is 0 Å². The molecule has 1 aromatic rings. The average molecular weight is 278 g/mol. The van der Waals surface area contributed by atoms with Gasteiger partial charge in [-0.25, -0.2) is 0 Å². The molecule has 108 valence electrons. The third-order valence-electron chi connectivity index (χ3n) is 4.07. The normalized spacial score (nSPS) is 25.3. The molecule has 1 aliphatic heterocycles. The van der Waals surface area contributed by atoms with E-state index in [1.807, 2.05) is 0 Å². The fraction of sp³-hybridized carbons (Fsp3) is 0.615. The van der Waals surface area contributed by atoms with Gasteiger partial charge in [0.05, 0.1) is 6.42 Å². The van der Waals surface area contributed by atoms with Crippen molar-refractivity contribution in [2.45, 2.75) is 50.1 Å². The lowest BCUT2D eigenvalue weighted by Crippen LogP contribution is -2.70. The van der Waals surface area contributed by atoms with E-state index < -0.39 is 11.6 Å². The zero-order valence-electron chi connectivity index (χ0n) is 11.1. The van der Waals surface area contributed by atoms with E-state index in [9.17, 15) is 9.59 Å². The fourth-order valence-electron chi connectivity index (χ4n) is 2.99. The lowest BCUT2D eigenvalue weighted by molar-refractivity contribution is -0.143. The second-order valence-electron chi connectivity index (χ2n) is 5.53. The summed E-state index contributed by atoms with van der Waals surface area (Å²) in [7, 11) is 0. The summed E-state index contributed by atoms with van der Waals surface area (Å²) in [6.07, 6.45) is 6.01. The number of hydrogen-bond donors (Lipinski definition) is 3. The number of nitrogen functional groups attached to an aromatic ring is 1. The first-order valence-corrected chi connectivity index (χ1v) is 6.92. The van der Waals surface area contributed by atoms with Crippen molar-refractivity contribution in [1.82, 2.24) is 15.6 Å². The quantitative estimate of drug-likeness (QED) is 0.711. The maximum atomic E-state index is 12.3. The molecule has 1 atom stereocenters. The molecule has 3 rings (SSSR count). The van der Waals surface area contributed by atoms with Crippen molar-refractivity contribution in [2.75, 3.05) is 5.73 Å². The minimum atomic E-state index is -0.707. The Kier molecular flexibility index (Phi) is 3.11. The molecule has 1 saturated carbocycles. The number of anilines is 1. The number of nitrogens with two attached hydrogens (primary N) is 1. The smallest absolute Gasteiger partial charge is 0.246 e. The Morgan fingerprint density at radius 1 is 1.35 bits per heavy atom. The van der Waals surface area contributed by atoms with Crippen LogP contribution in [0.1, 0.15) is 38.0 Å². The number of carbonyl (C=O) groups excluding carboxylic acids is 2. The predicted octanol–water partition coefficient (Wildman–Crippen LogP) is 0.117. The molecule has 7 heteroatoms. The number of aromatic nitrogens is 1. The highest BCUT2D eigenvalue weighted by molar-refractivity contribution is 5.99. The first kappa shape index (κ1) is 13.0. The van der Waals surface area contributed by atoms with Gasteiger partial charge in [-0.05, 0) is 12.8 Å². The summed E-state index contributed by atoms with van der Waals surface area (Å²) in [4.78, 5) is 28.5. The van der Waals surface area contributed by atoms with Crippen LogP contribution in [0.3, 0.4) is 0 Å². The topological polar surface area (TPSA) is 110 Å². The number of rotatable bonds is 2. The van der Waals surface area contributed by atoms with E-state index in [0.717, 1.165) is 19.3 Å². The Hall–Kier alpha value is -2.05. The van der Waals surface area contributed by atoms with Gasteiger partial charge in [-0.15, -0.1) is 0 Å². The standard InChI is InChI=1S/C13H18N4O3/c14-9-7-20-10(16-9)6-8-11(18)17-13(12(19)15-8)4-2-1-3-5-13/h7-8H,1-6,14H2,(H,15,19)(H,17,18). The maximum Gasteiger partial charge on any atom is 0.246 e. The number of piperazine rings is 1. The molecule has 1 spiro atoms. The van der Waals surface area contributed by atoms with Crippen LogP contribution in [0.25, 0.3) is 0 Å². The molecule has 2 amide bonds. The molecule has 0 bridgehead atoms. The van der Waals surface area contributed by atoms with E-state index >= 15 is 0 Å². The van der Waals surface area contributed by atoms with Gasteiger partial charge in [-0.2, -0.15) is 4.98 Å². The summed E-state index contributed by atoms with van der Waals surface area (Å²) in [6, 6.07) is -0.645. The molecule has 1 saturated heterocycles. The molecule has 1 aliphatic carbocycles. The first-order valence-electron chi connectivity index (χ1n) is 6.92. The molecule has 0 radical (unpaired) electrons. The lowest BCUT2D eigenvalue weighted by Gasteiger charge is -2.42. The molecular formula is C13H18N4O3. The van der Waals surface area contributed by atoms with Crippen LogP contribution >= 0.6 is 0 Å². The van der Waals surface area contributed by atoms with Crippen LogP contribution in [0.15, 0.2) is 10.7 Å². The van der Waals surface area contributed by atoms with Crippen molar-refractivity contribution < 1.29 is 14.0 Å². The first-order chi connectivity index (χ1) is 9.59. The van der Waals surface area contributed by atoms with E-state index in [2.05, 4.69) is 15.6 Å². The second kappa shape index (κ2) is 4.81. The van der Waals surface area contributed by atoms with Crippen molar-refractivity contribution in [1.29, 1.82) is 0 Å². The summed E-state index contributed by atoms with van der Waals surface area (Å²) in [5.41, 5.74) is 4.76.